The van der Waals surface area contributed by atoms with Gasteiger partial charge in [0.25, 0.3) is 0 Å². The van der Waals surface area contributed by atoms with Crippen LogP contribution in [0.1, 0.15) is 43.4 Å². The summed E-state index contributed by atoms with van der Waals surface area (Å²) in [4.78, 5) is 0. The Labute approximate surface area is 104 Å². The van der Waals surface area contributed by atoms with Crippen molar-refractivity contribution in [3.8, 4) is 0 Å². The Morgan fingerprint density at radius 2 is 2.18 bits per heavy atom. The average Bonchev–Trinajstić information content (AvgIpc) is 3.10. The minimum absolute atomic E-state index is 0.392. The van der Waals surface area contributed by atoms with Crippen LogP contribution < -0.4 is 5.32 Å². The van der Waals surface area contributed by atoms with Gasteiger partial charge in [0.2, 0.25) is 0 Å². The van der Waals surface area contributed by atoms with Crippen LogP contribution in [0.25, 0.3) is 0 Å². The highest BCUT2D eigenvalue weighted by Gasteiger charge is 2.23. The molecule has 0 aliphatic heterocycles. The van der Waals surface area contributed by atoms with Gasteiger partial charge in [-0.3, -0.25) is 0 Å². The molecule has 0 bridgehead atoms. The fraction of sp³-hybridized carbons (Fsp3) is 0.600. The minimum atomic E-state index is -0.392. The molecule has 0 aromatic heterocycles. The van der Waals surface area contributed by atoms with Gasteiger partial charge in [0, 0.05) is 12.6 Å². The molecule has 94 valence electrons. The van der Waals surface area contributed by atoms with E-state index >= 15 is 0 Å². The SMILES string of the molecule is Cc1cccc(C(O)CNC(C)CC2CC2)c1. The Morgan fingerprint density at radius 1 is 1.41 bits per heavy atom. The second-order valence-corrected chi connectivity index (χ2v) is 5.42. The van der Waals surface area contributed by atoms with Gasteiger partial charge in [0.05, 0.1) is 6.10 Å². The topological polar surface area (TPSA) is 32.3 Å². The van der Waals surface area contributed by atoms with Crippen molar-refractivity contribution >= 4 is 0 Å². The number of nitrogens with one attached hydrogen (secondary N) is 1. The van der Waals surface area contributed by atoms with E-state index in [0.717, 1.165) is 11.5 Å². The maximum Gasteiger partial charge on any atom is 0.0914 e. The first-order valence-corrected chi connectivity index (χ1v) is 6.63. The molecule has 2 unspecified atom stereocenters. The molecule has 1 aromatic rings. The Kier molecular flexibility index (Phi) is 4.19. The molecule has 0 radical (unpaired) electrons. The lowest BCUT2D eigenvalue weighted by Gasteiger charge is -2.17. The van der Waals surface area contributed by atoms with Crippen LogP contribution >= 0.6 is 0 Å². The van der Waals surface area contributed by atoms with E-state index in [1.807, 2.05) is 12.1 Å². The van der Waals surface area contributed by atoms with Crippen molar-refractivity contribution < 1.29 is 5.11 Å². The molecule has 2 nitrogen and oxygen atoms in total. The number of aliphatic hydroxyl groups excluding tert-OH is 1. The van der Waals surface area contributed by atoms with Crippen LogP contribution in [0, 0.1) is 12.8 Å². The molecule has 1 aliphatic carbocycles. The zero-order chi connectivity index (χ0) is 12.3. The van der Waals surface area contributed by atoms with E-state index in [9.17, 15) is 5.11 Å². The molecule has 2 heteroatoms. The van der Waals surface area contributed by atoms with Gasteiger partial charge in [-0.15, -0.1) is 0 Å². The van der Waals surface area contributed by atoms with Crippen molar-refractivity contribution in [2.45, 2.75) is 45.3 Å². The van der Waals surface area contributed by atoms with Gasteiger partial charge in [-0.1, -0.05) is 42.7 Å². The van der Waals surface area contributed by atoms with E-state index in [-0.39, 0.29) is 0 Å². The highest BCUT2D eigenvalue weighted by molar-refractivity contribution is 5.24. The second-order valence-electron chi connectivity index (χ2n) is 5.42. The fourth-order valence-corrected chi connectivity index (χ4v) is 2.24. The average molecular weight is 233 g/mol. The predicted octanol–water partition coefficient (Wildman–Crippen LogP) is 2.81. The molecule has 0 heterocycles. The zero-order valence-corrected chi connectivity index (χ0v) is 10.8. The fourth-order valence-electron chi connectivity index (χ4n) is 2.24. The minimum Gasteiger partial charge on any atom is -0.387 e. The third kappa shape index (κ3) is 4.14. The van der Waals surface area contributed by atoms with E-state index in [1.165, 1.54) is 24.8 Å². The van der Waals surface area contributed by atoms with Crippen LogP contribution in [0.5, 0.6) is 0 Å². The van der Waals surface area contributed by atoms with Crippen molar-refractivity contribution in [1.29, 1.82) is 0 Å². The van der Waals surface area contributed by atoms with Gasteiger partial charge in [-0.05, 0) is 31.7 Å². The first-order valence-electron chi connectivity index (χ1n) is 6.63. The summed E-state index contributed by atoms with van der Waals surface area (Å²) < 4.78 is 0. The standard InChI is InChI=1S/C15H23NO/c1-11-4-3-5-14(8-11)15(17)10-16-12(2)9-13-6-7-13/h3-5,8,12-13,15-17H,6-7,9-10H2,1-2H3. The van der Waals surface area contributed by atoms with E-state index in [1.54, 1.807) is 0 Å². The van der Waals surface area contributed by atoms with E-state index in [0.29, 0.717) is 12.6 Å². The molecular weight excluding hydrogens is 210 g/mol. The molecule has 17 heavy (non-hydrogen) atoms. The molecule has 1 aliphatic rings. The molecule has 1 fully saturated rings. The third-order valence-corrected chi connectivity index (χ3v) is 3.47. The lowest BCUT2D eigenvalue weighted by Crippen LogP contribution is -2.30. The highest BCUT2D eigenvalue weighted by atomic mass is 16.3. The van der Waals surface area contributed by atoms with Gasteiger partial charge in [0.1, 0.15) is 0 Å². The van der Waals surface area contributed by atoms with Crippen molar-refractivity contribution in [2.24, 2.45) is 5.92 Å². The first-order chi connectivity index (χ1) is 8.15. The van der Waals surface area contributed by atoms with Crippen LogP contribution in [0.3, 0.4) is 0 Å². The van der Waals surface area contributed by atoms with Crippen molar-refractivity contribution in [3.05, 3.63) is 35.4 Å². The zero-order valence-electron chi connectivity index (χ0n) is 10.8. The maximum atomic E-state index is 10.1. The molecule has 2 atom stereocenters. The summed E-state index contributed by atoms with van der Waals surface area (Å²) in [7, 11) is 0. The normalized spacial score (nSPS) is 19.0. The lowest BCUT2D eigenvalue weighted by molar-refractivity contribution is 0.169. The molecule has 0 spiro atoms. The highest BCUT2D eigenvalue weighted by Crippen LogP contribution is 2.33. The summed E-state index contributed by atoms with van der Waals surface area (Å²) in [5.74, 6) is 0.939. The summed E-state index contributed by atoms with van der Waals surface area (Å²) in [6, 6.07) is 8.62. The summed E-state index contributed by atoms with van der Waals surface area (Å²) >= 11 is 0. The Bertz CT molecular complexity index is 360. The van der Waals surface area contributed by atoms with Gasteiger partial charge >= 0.3 is 0 Å². The Balaban J connectivity index is 1.77. The number of aliphatic hydroxyl groups is 1. The number of aryl methyl sites for hydroxylation is 1. The van der Waals surface area contributed by atoms with Crippen LogP contribution in [0.15, 0.2) is 24.3 Å². The molecule has 0 saturated heterocycles. The van der Waals surface area contributed by atoms with Gasteiger partial charge < -0.3 is 10.4 Å². The monoisotopic (exact) mass is 233 g/mol. The quantitative estimate of drug-likeness (QED) is 0.792. The smallest absolute Gasteiger partial charge is 0.0914 e. The second kappa shape index (κ2) is 5.65. The number of rotatable bonds is 6. The molecule has 2 rings (SSSR count). The molecule has 1 aromatic carbocycles. The van der Waals surface area contributed by atoms with Gasteiger partial charge in [-0.2, -0.15) is 0 Å². The molecular formula is C15H23NO. The van der Waals surface area contributed by atoms with E-state index in [4.69, 9.17) is 0 Å². The van der Waals surface area contributed by atoms with Crippen molar-refractivity contribution in [2.75, 3.05) is 6.54 Å². The lowest BCUT2D eigenvalue weighted by atomic mass is 10.1. The summed E-state index contributed by atoms with van der Waals surface area (Å²) in [6.07, 6.45) is 3.65. The molecule has 0 amide bonds. The predicted molar refractivity (Wildman–Crippen MR) is 70.9 cm³/mol. The largest absolute Gasteiger partial charge is 0.387 e. The first kappa shape index (κ1) is 12.6. The molecule has 1 saturated carbocycles. The number of hydrogen-bond donors (Lipinski definition) is 2. The number of benzene rings is 1. The Morgan fingerprint density at radius 3 is 2.82 bits per heavy atom. The van der Waals surface area contributed by atoms with E-state index in [2.05, 4.69) is 31.3 Å². The molecule has 2 N–H and O–H groups in total. The third-order valence-electron chi connectivity index (χ3n) is 3.47. The number of hydrogen-bond acceptors (Lipinski definition) is 2. The summed E-state index contributed by atoms with van der Waals surface area (Å²) in [5, 5.41) is 13.5. The van der Waals surface area contributed by atoms with Gasteiger partial charge in [-0.25, -0.2) is 0 Å². The van der Waals surface area contributed by atoms with Crippen LogP contribution in [-0.2, 0) is 0 Å². The summed E-state index contributed by atoms with van der Waals surface area (Å²) in [6.45, 7) is 4.91. The van der Waals surface area contributed by atoms with Crippen LogP contribution in [-0.4, -0.2) is 17.7 Å². The van der Waals surface area contributed by atoms with Crippen LogP contribution in [0.4, 0.5) is 0 Å². The van der Waals surface area contributed by atoms with E-state index < -0.39 is 6.10 Å². The van der Waals surface area contributed by atoms with Crippen molar-refractivity contribution in [1.82, 2.24) is 5.32 Å². The summed E-state index contributed by atoms with van der Waals surface area (Å²) in [5.41, 5.74) is 2.21. The Hall–Kier alpha value is -0.860. The van der Waals surface area contributed by atoms with Crippen LogP contribution in [0.2, 0.25) is 0 Å². The maximum absolute atomic E-state index is 10.1. The van der Waals surface area contributed by atoms with Gasteiger partial charge in [0.15, 0.2) is 0 Å². The van der Waals surface area contributed by atoms with Crippen molar-refractivity contribution in [3.63, 3.8) is 0 Å².